The standard InChI is InChI=1S/C11H12BrN3O4/c12-8-5-7(15(18)19)1-2-9(8)14-4-3-13-6-10(14)11(16)17/h1-2,5,10,13H,3-4,6H2,(H,16,17). The summed E-state index contributed by atoms with van der Waals surface area (Å²) >= 11 is 3.27. The van der Waals surface area contributed by atoms with Gasteiger partial charge >= 0.3 is 5.97 Å². The van der Waals surface area contributed by atoms with Gasteiger partial charge in [0.15, 0.2) is 0 Å². The van der Waals surface area contributed by atoms with Crippen LogP contribution in [0.25, 0.3) is 0 Å². The molecule has 1 heterocycles. The van der Waals surface area contributed by atoms with Crippen molar-refractivity contribution in [2.24, 2.45) is 0 Å². The Labute approximate surface area is 117 Å². The molecule has 0 spiro atoms. The number of nitrogens with one attached hydrogen (secondary N) is 1. The normalized spacial score (nSPS) is 19.2. The maximum atomic E-state index is 11.2. The lowest BCUT2D eigenvalue weighted by molar-refractivity contribution is -0.384. The summed E-state index contributed by atoms with van der Waals surface area (Å²) in [4.78, 5) is 23.1. The van der Waals surface area contributed by atoms with E-state index in [4.69, 9.17) is 0 Å². The molecule has 1 unspecified atom stereocenters. The highest BCUT2D eigenvalue weighted by Gasteiger charge is 2.30. The Morgan fingerprint density at radius 3 is 2.89 bits per heavy atom. The molecule has 1 saturated heterocycles. The number of halogens is 1. The third-order valence-electron chi connectivity index (χ3n) is 2.98. The number of carbonyl (C=O) groups is 1. The molecule has 0 aliphatic carbocycles. The summed E-state index contributed by atoms with van der Waals surface area (Å²) < 4.78 is 0.523. The lowest BCUT2D eigenvalue weighted by Crippen LogP contribution is -2.55. The zero-order chi connectivity index (χ0) is 14.0. The van der Waals surface area contributed by atoms with Gasteiger partial charge in [-0.25, -0.2) is 4.79 Å². The van der Waals surface area contributed by atoms with Crippen LogP contribution in [0.1, 0.15) is 0 Å². The molecule has 7 nitrogen and oxygen atoms in total. The molecule has 2 N–H and O–H groups in total. The van der Waals surface area contributed by atoms with Gasteiger partial charge in [0.25, 0.3) is 5.69 Å². The maximum absolute atomic E-state index is 11.2. The summed E-state index contributed by atoms with van der Waals surface area (Å²) in [7, 11) is 0. The molecule has 1 aromatic carbocycles. The van der Waals surface area contributed by atoms with Gasteiger partial charge in [-0.15, -0.1) is 0 Å². The molecule has 102 valence electrons. The van der Waals surface area contributed by atoms with E-state index >= 15 is 0 Å². The number of piperazine rings is 1. The average Bonchev–Trinajstić information content (AvgIpc) is 2.38. The van der Waals surface area contributed by atoms with Crippen LogP contribution in [0.3, 0.4) is 0 Å². The number of nitro benzene ring substituents is 1. The van der Waals surface area contributed by atoms with E-state index in [2.05, 4.69) is 21.2 Å². The minimum atomic E-state index is -0.919. The van der Waals surface area contributed by atoms with Gasteiger partial charge in [0.2, 0.25) is 0 Å². The number of nitro groups is 1. The molecule has 0 amide bonds. The van der Waals surface area contributed by atoms with Gasteiger partial charge in [-0.2, -0.15) is 0 Å². The first-order valence-corrected chi connectivity index (χ1v) is 6.44. The van der Waals surface area contributed by atoms with E-state index in [9.17, 15) is 20.0 Å². The largest absolute Gasteiger partial charge is 0.480 e. The predicted octanol–water partition coefficient (Wildman–Crippen LogP) is 1.22. The SMILES string of the molecule is O=C(O)C1CNCCN1c1ccc([N+](=O)[O-])cc1Br. The minimum absolute atomic E-state index is 0.0300. The Balaban J connectivity index is 2.34. The highest BCUT2D eigenvalue weighted by molar-refractivity contribution is 9.10. The molecule has 1 fully saturated rings. The topological polar surface area (TPSA) is 95.7 Å². The fourth-order valence-electron chi connectivity index (χ4n) is 2.06. The molecule has 0 saturated carbocycles. The molecule has 0 aromatic heterocycles. The summed E-state index contributed by atoms with van der Waals surface area (Å²) in [5.74, 6) is -0.919. The molecule has 1 aliphatic rings. The predicted molar refractivity (Wildman–Crippen MR) is 72.4 cm³/mol. The van der Waals surface area contributed by atoms with Crippen LogP contribution in [0.15, 0.2) is 22.7 Å². The third kappa shape index (κ3) is 2.85. The van der Waals surface area contributed by atoms with Crippen LogP contribution in [0.5, 0.6) is 0 Å². The van der Waals surface area contributed by atoms with Crippen LogP contribution in [0.4, 0.5) is 11.4 Å². The molecule has 2 rings (SSSR count). The van der Waals surface area contributed by atoms with E-state index in [-0.39, 0.29) is 5.69 Å². The van der Waals surface area contributed by atoms with Gasteiger partial charge in [0.1, 0.15) is 6.04 Å². The number of carboxylic acids is 1. The first-order chi connectivity index (χ1) is 9.00. The van der Waals surface area contributed by atoms with Crippen molar-refractivity contribution < 1.29 is 14.8 Å². The summed E-state index contributed by atoms with van der Waals surface area (Å²) in [6.45, 7) is 1.55. The van der Waals surface area contributed by atoms with Crippen LogP contribution in [0.2, 0.25) is 0 Å². The van der Waals surface area contributed by atoms with Crippen molar-refractivity contribution in [2.45, 2.75) is 6.04 Å². The Hall–Kier alpha value is -1.67. The Morgan fingerprint density at radius 2 is 2.32 bits per heavy atom. The van der Waals surface area contributed by atoms with E-state index in [0.717, 1.165) is 0 Å². The molecule has 0 bridgehead atoms. The van der Waals surface area contributed by atoms with Crippen molar-refractivity contribution in [3.8, 4) is 0 Å². The smallest absolute Gasteiger partial charge is 0.327 e. The van der Waals surface area contributed by atoms with Crippen LogP contribution in [0, 0.1) is 10.1 Å². The van der Waals surface area contributed by atoms with Crippen molar-refractivity contribution in [1.29, 1.82) is 0 Å². The van der Waals surface area contributed by atoms with E-state index in [1.807, 2.05) is 0 Å². The Kier molecular flexibility index (Phi) is 4.01. The van der Waals surface area contributed by atoms with Crippen molar-refractivity contribution in [3.63, 3.8) is 0 Å². The second-order valence-electron chi connectivity index (χ2n) is 4.14. The number of carboxylic acid groups (broad SMARTS) is 1. The summed E-state index contributed by atoms with van der Waals surface area (Å²) in [6, 6.07) is 3.66. The molecule has 8 heteroatoms. The lowest BCUT2D eigenvalue weighted by Gasteiger charge is -2.35. The number of aliphatic carboxylic acids is 1. The first-order valence-electron chi connectivity index (χ1n) is 5.65. The summed E-state index contributed by atoms with van der Waals surface area (Å²) in [5.41, 5.74) is 0.622. The molecule has 19 heavy (non-hydrogen) atoms. The summed E-state index contributed by atoms with van der Waals surface area (Å²) in [6.07, 6.45) is 0. The molecule has 1 aromatic rings. The van der Waals surface area contributed by atoms with Crippen LogP contribution < -0.4 is 10.2 Å². The van der Waals surface area contributed by atoms with E-state index < -0.39 is 16.9 Å². The number of hydrogen-bond acceptors (Lipinski definition) is 5. The summed E-state index contributed by atoms with van der Waals surface area (Å²) in [5, 5.41) is 22.9. The fraction of sp³-hybridized carbons (Fsp3) is 0.364. The van der Waals surface area contributed by atoms with Gasteiger partial charge in [-0.05, 0) is 22.0 Å². The van der Waals surface area contributed by atoms with Crippen molar-refractivity contribution in [1.82, 2.24) is 5.32 Å². The number of non-ortho nitro benzene ring substituents is 1. The van der Waals surface area contributed by atoms with Crippen molar-refractivity contribution in [3.05, 3.63) is 32.8 Å². The monoisotopic (exact) mass is 329 g/mol. The van der Waals surface area contributed by atoms with Crippen LogP contribution in [-0.2, 0) is 4.79 Å². The highest BCUT2D eigenvalue weighted by atomic mass is 79.9. The fourth-order valence-corrected chi connectivity index (χ4v) is 2.65. The van der Waals surface area contributed by atoms with Gasteiger partial charge < -0.3 is 15.3 Å². The van der Waals surface area contributed by atoms with Crippen molar-refractivity contribution >= 4 is 33.3 Å². The van der Waals surface area contributed by atoms with Crippen LogP contribution in [-0.4, -0.2) is 41.7 Å². The quantitative estimate of drug-likeness (QED) is 0.639. The molecule has 1 aliphatic heterocycles. The lowest BCUT2D eigenvalue weighted by atomic mass is 10.1. The van der Waals surface area contributed by atoms with Gasteiger partial charge in [-0.1, -0.05) is 0 Å². The second-order valence-corrected chi connectivity index (χ2v) is 5.00. The van der Waals surface area contributed by atoms with Gasteiger partial charge in [0.05, 0.1) is 10.6 Å². The van der Waals surface area contributed by atoms with E-state index in [1.165, 1.54) is 12.1 Å². The number of benzene rings is 1. The van der Waals surface area contributed by atoms with E-state index in [1.54, 1.807) is 11.0 Å². The molecule has 1 atom stereocenters. The number of hydrogen-bond donors (Lipinski definition) is 2. The zero-order valence-electron chi connectivity index (χ0n) is 9.88. The van der Waals surface area contributed by atoms with Crippen LogP contribution >= 0.6 is 15.9 Å². The van der Waals surface area contributed by atoms with Gasteiger partial charge in [0, 0.05) is 36.2 Å². The molecule has 0 radical (unpaired) electrons. The first kappa shape index (κ1) is 13.8. The molecular weight excluding hydrogens is 318 g/mol. The van der Waals surface area contributed by atoms with Gasteiger partial charge in [-0.3, -0.25) is 10.1 Å². The number of anilines is 1. The van der Waals surface area contributed by atoms with Crippen molar-refractivity contribution in [2.75, 3.05) is 24.5 Å². The minimum Gasteiger partial charge on any atom is -0.480 e. The second kappa shape index (κ2) is 5.54. The maximum Gasteiger partial charge on any atom is 0.327 e. The number of rotatable bonds is 3. The highest BCUT2D eigenvalue weighted by Crippen LogP contribution is 2.31. The zero-order valence-corrected chi connectivity index (χ0v) is 11.5. The Morgan fingerprint density at radius 1 is 1.58 bits per heavy atom. The third-order valence-corrected chi connectivity index (χ3v) is 3.62. The molecular formula is C11H12BrN3O4. The Bertz CT molecular complexity index is 523. The number of nitrogens with zero attached hydrogens (tertiary/aromatic N) is 2. The average molecular weight is 330 g/mol. The van der Waals surface area contributed by atoms with E-state index in [0.29, 0.717) is 29.8 Å².